The molecule has 1 aliphatic carbocycles. The monoisotopic (exact) mass is 357 g/mol. The molecule has 0 spiro atoms. The Morgan fingerprint density at radius 3 is 2.58 bits per heavy atom. The Morgan fingerprint density at radius 1 is 1.19 bits per heavy atom. The van der Waals surface area contributed by atoms with E-state index in [1.807, 2.05) is 24.3 Å². The van der Waals surface area contributed by atoms with Gasteiger partial charge in [-0.05, 0) is 43.5 Å². The number of likely N-dealkylation sites (N-methyl/N-ethyl adjacent to an activating group) is 1. The van der Waals surface area contributed by atoms with E-state index in [2.05, 4.69) is 22.4 Å². The molecule has 2 amide bonds. The number of hydrogen-bond acceptors (Lipinski definition) is 4. The first-order chi connectivity index (χ1) is 12.6. The highest BCUT2D eigenvalue weighted by atomic mass is 16.5. The Hall–Kier alpha value is -2.34. The van der Waals surface area contributed by atoms with Crippen molar-refractivity contribution in [2.75, 3.05) is 50.1 Å². The molecule has 140 valence electrons. The molecule has 1 aliphatic heterocycles. The van der Waals surface area contributed by atoms with Crippen LogP contribution in [0.15, 0.2) is 36.4 Å². The standard InChI is InChI=1S/C20H27N3O3/c1-22(20(25)16-5-3-2-4-6-16)15-19(24)21-17-7-9-18(10-8-17)23-11-13-26-14-12-23/h2-3,7-10,16H,4-6,11-15H2,1H3,(H,21,24). The predicted molar refractivity (Wildman–Crippen MR) is 102 cm³/mol. The summed E-state index contributed by atoms with van der Waals surface area (Å²) >= 11 is 0. The first-order valence-electron chi connectivity index (χ1n) is 9.26. The predicted octanol–water partition coefficient (Wildman–Crippen LogP) is 2.28. The Bertz CT molecular complexity index is 651. The minimum absolute atomic E-state index is 0.00519. The third kappa shape index (κ3) is 4.85. The molecule has 6 heteroatoms. The molecule has 2 aliphatic rings. The maximum Gasteiger partial charge on any atom is 0.243 e. The number of carbonyl (C=O) groups excluding carboxylic acids is 2. The van der Waals surface area contributed by atoms with Crippen LogP contribution in [0.1, 0.15) is 19.3 Å². The van der Waals surface area contributed by atoms with E-state index in [0.29, 0.717) is 0 Å². The van der Waals surface area contributed by atoms with Crippen molar-refractivity contribution in [1.82, 2.24) is 4.90 Å². The molecule has 0 saturated carbocycles. The average molecular weight is 357 g/mol. The summed E-state index contributed by atoms with van der Waals surface area (Å²) in [5.41, 5.74) is 1.87. The second-order valence-electron chi connectivity index (χ2n) is 6.87. The van der Waals surface area contributed by atoms with Gasteiger partial charge in [0, 0.05) is 37.4 Å². The highest BCUT2D eigenvalue weighted by Gasteiger charge is 2.23. The molecule has 1 aromatic carbocycles. The summed E-state index contributed by atoms with van der Waals surface area (Å²) in [7, 11) is 1.70. The van der Waals surface area contributed by atoms with E-state index < -0.39 is 0 Å². The minimum atomic E-state index is -0.175. The number of carbonyl (C=O) groups is 2. The van der Waals surface area contributed by atoms with Gasteiger partial charge in [-0.2, -0.15) is 0 Å². The van der Waals surface area contributed by atoms with Crippen molar-refractivity contribution in [3.05, 3.63) is 36.4 Å². The highest BCUT2D eigenvalue weighted by molar-refractivity contribution is 5.94. The molecule has 3 rings (SSSR count). The smallest absolute Gasteiger partial charge is 0.243 e. The lowest BCUT2D eigenvalue weighted by Gasteiger charge is -2.29. The summed E-state index contributed by atoms with van der Waals surface area (Å²) in [5, 5.41) is 2.87. The Balaban J connectivity index is 1.49. The van der Waals surface area contributed by atoms with Crippen molar-refractivity contribution in [2.24, 2.45) is 5.92 Å². The molecule has 1 fully saturated rings. The highest BCUT2D eigenvalue weighted by Crippen LogP contribution is 2.21. The van der Waals surface area contributed by atoms with Crippen molar-refractivity contribution in [3.63, 3.8) is 0 Å². The van der Waals surface area contributed by atoms with Crippen molar-refractivity contribution in [3.8, 4) is 0 Å². The number of ether oxygens (including phenoxy) is 1. The van der Waals surface area contributed by atoms with Crippen molar-refractivity contribution >= 4 is 23.2 Å². The number of anilines is 2. The zero-order valence-corrected chi connectivity index (χ0v) is 15.3. The maximum atomic E-state index is 12.4. The van der Waals surface area contributed by atoms with E-state index in [1.54, 1.807) is 7.05 Å². The molecular formula is C20H27N3O3. The third-order valence-corrected chi connectivity index (χ3v) is 4.90. The molecule has 1 aromatic rings. The molecule has 1 atom stereocenters. The van der Waals surface area contributed by atoms with Gasteiger partial charge in [0.2, 0.25) is 11.8 Å². The molecule has 26 heavy (non-hydrogen) atoms. The van der Waals surface area contributed by atoms with E-state index in [-0.39, 0.29) is 24.3 Å². The van der Waals surface area contributed by atoms with Gasteiger partial charge in [0.15, 0.2) is 0 Å². The molecule has 0 bridgehead atoms. The first kappa shape index (κ1) is 18.5. The molecule has 6 nitrogen and oxygen atoms in total. The molecule has 1 saturated heterocycles. The van der Waals surface area contributed by atoms with Crippen LogP contribution < -0.4 is 10.2 Å². The SMILES string of the molecule is CN(CC(=O)Nc1ccc(N2CCOCC2)cc1)C(=O)C1CC=CCC1. The summed E-state index contributed by atoms with van der Waals surface area (Å²) < 4.78 is 5.36. The number of benzene rings is 1. The van der Waals surface area contributed by atoms with Gasteiger partial charge in [0.1, 0.15) is 0 Å². The van der Waals surface area contributed by atoms with E-state index in [0.717, 1.165) is 56.9 Å². The molecule has 0 aromatic heterocycles. The van der Waals surface area contributed by atoms with E-state index >= 15 is 0 Å². The number of rotatable bonds is 5. The maximum absolute atomic E-state index is 12.4. The molecule has 1 heterocycles. The van der Waals surface area contributed by atoms with E-state index in [9.17, 15) is 9.59 Å². The second-order valence-corrected chi connectivity index (χ2v) is 6.87. The lowest BCUT2D eigenvalue weighted by atomic mass is 9.93. The number of hydrogen-bond donors (Lipinski definition) is 1. The van der Waals surface area contributed by atoms with Gasteiger partial charge in [-0.25, -0.2) is 0 Å². The van der Waals surface area contributed by atoms with Crippen LogP contribution in [-0.4, -0.2) is 56.6 Å². The lowest BCUT2D eigenvalue weighted by Crippen LogP contribution is -2.38. The summed E-state index contributed by atoms with van der Waals surface area (Å²) in [6, 6.07) is 7.81. The number of allylic oxidation sites excluding steroid dienone is 2. The van der Waals surface area contributed by atoms with Gasteiger partial charge in [-0.3, -0.25) is 9.59 Å². The topological polar surface area (TPSA) is 61.9 Å². The molecule has 0 radical (unpaired) electrons. The average Bonchev–Trinajstić information content (AvgIpc) is 2.69. The first-order valence-corrected chi connectivity index (χ1v) is 9.26. The molecule has 1 N–H and O–H groups in total. The third-order valence-electron chi connectivity index (χ3n) is 4.90. The van der Waals surface area contributed by atoms with Crippen molar-refractivity contribution < 1.29 is 14.3 Å². The lowest BCUT2D eigenvalue weighted by molar-refractivity contribution is -0.137. The molecule has 1 unspecified atom stereocenters. The van der Waals surface area contributed by atoms with Gasteiger partial charge in [0.25, 0.3) is 0 Å². The van der Waals surface area contributed by atoms with Crippen LogP contribution in [0, 0.1) is 5.92 Å². The summed E-state index contributed by atoms with van der Waals surface area (Å²) in [5.74, 6) is -0.121. The van der Waals surface area contributed by atoms with Gasteiger partial charge in [-0.1, -0.05) is 12.2 Å². The van der Waals surface area contributed by atoms with Crippen LogP contribution in [0.3, 0.4) is 0 Å². The number of nitrogens with one attached hydrogen (secondary N) is 1. The zero-order chi connectivity index (χ0) is 18.4. The molecular weight excluding hydrogens is 330 g/mol. The number of morpholine rings is 1. The summed E-state index contributed by atoms with van der Waals surface area (Å²) in [6.07, 6.45) is 6.73. The largest absolute Gasteiger partial charge is 0.378 e. The Morgan fingerprint density at radius 2 is 1.92 bits per heavy atom. The summed E-state index contributed by atoms with van der Waals surface area (Å²) in [4.78, 5) is 28.4. The van der Waals surface area contributed by atoms with E-state index in [1.165, 1.54) is 4.90 Å². The van der Waals surface area contributed by atoms with E-state index in [4.69, 9.17) is 4.74 Å². The van der Waals surface area contributed by atoms with Crippen LogP contribution >= 0.6 is 0 Å². The fourth-order valence-electron chi connectivity index (χ4n) is 3.40. The van der Waals surface area contributed by atoms with Crippen LogP contribution in [0.4, 0.5) is 11.4 Å². The quantitative estimate of drug-likeness (QED) is 0.822. The minimum Gasteiger partial charge on any atom is -0.378 e. The van der Waals surface area contributed by atoms with Crippen LogP contribution in [0.5, 0.6) is 0 Å². The van der Waals surface area contributed by atoms with Crippen LogP contribution in [-0.2, 0) is 14.3 Å². The summed E-state index contributed by atoms with van der Waals surface area (Å²) in [6.45, 7) is 3.33. The number of amides is 2. The van der Waals surface area contributed by atoms with Crippen LogP contribution in [0.2, 0.25) is 0 Å². The Labute approximate surface area is 154 Å². The zero-order valence-electron chi connectivity index (χ0n) is 15.3. The van der Waals surface area contributed by atoms with Crippen molar-refractivity contribution in [2.45, 2.75) is 19.3 Å². The fourth-order valence-corrected chi connectivity index (χ4v) is 3.40. The van der Waals surface area contributed by atoms with Gasteiger partial charge >= 0.3 is 0 Å². The van der Waals surface area contributed by atoms with Crippen molar-refractivity contribution in [1.29, 1.82) is 0 Å². The van der Waals surface area contributed by atoms with Crippen LogP contribution in [0.25, 0.3) is 0 Å². The second kappa shape index (κ2) is 8.85. The van der Waals surface area contributed by atoms with Gasteiger partial charge < -0.3 is 19.9 Å². The normalized spacial score (nSPS) is 19.9. The van der Waals surface area contributed by atoms with Gasteiger partial charge in [-0.15, -0.1) is 0 Å². The fraction of sp³-hybridized carbons (Fsp3) is 0.500. The van der Waals surface area contributed by atoms with Gasteiger partial charge in [0.05, 0.1) is 19.8 Å². The Kier molecular flexibility index (Phi) is 6.28. The number of nitrogens with zero attached hydrogens (tertiary/aromatic N) is 2.